The average molecular weight is 303 g/mol. The minimum Gasteiger partial charge on any atom is -0.383 e. The van der Waals surface area contributed by atoms with E-state index in [0.717, 1.165) is 30.6 Å². The largest absolute Gasteiger partial charge is 0.383 e. The van der Waals surface area contributed by atoms with E-state index in [1.807, 2.05) is 25.3 Å². The molecule has 1 amide bonds. The van der Waals surface area contributed by atoms with Crippen LogP contribution in [0.2, 0.25) is 0 Å². The molecule has 2 heterocycles. The number of rotatable bonds is 8. The van der Waals surface area contributed by atoms with E-state index in [-0.39, 0.29) is 5.91 Å². The zero-order valence-corrected chi connectivity index (χ0v) is 13.1. The lowest BCUT2D eigenvalue weighted by molar-refractivity contribution is -0.121. The molecule has 0 unspecified atom stereocenters. The van der Waals surface area contributed by atoms with Crippen molar-refractivity contribution in [2.24, 2.45) is 0 Å². The van der Waals surface area contributed by atoms with E-state index < -0.39 is 0 Å². The molecule has 0 bridgehead atoms. The van der Waals surface area contributed by atoms with Crippen LogP contribution in [0.4, 0.5) is 5.69 Å². The molecule has 5 heteroatoms. The first kappa shape index (κ1) is 15.5. The topological polar surface area (TPSA) is 54.0 Å². The maximum absolute atomic E-state index is 11.7. The number of nitrogens with one attached hydrogen (secondary N) is 2. The molecule has 0 saturated heterocycles. The first-order valence-electron chi connectivity index (χ1n) is 7.19. The maximum Gasteiger partial charge on any atom is 0.220 e. The molecule has 2 N–H and O–H groups in total. The molecule has 112 valence electrons. The summed E-state index contributed by atoms with van der Waals surface area (Å²) in [6, 6.07) is 6.11. The van der Waals surface area contributed by atoms with Gasteiger partial charge in [-0.15, -0.1) is 11.3 Å². The van der Waals surface area contributed by atoms with Gasteiger partial charge in [-0.2, -0.15) is 0 Å². The summed E-state index contributed by atoms with van der Waals surface area (Å²) in [6.45, 7) is 3.37. The van der Waals surface area contributed by atoms with Crippen LogP contribution in [0.15, 0.2) is 36.0 Å². The molecule has 4 nitrogen and oxygen atoms in total. The van der Waals surface area contributed by atoms with Gasteiger partial charge in [-0.1, -0.05) is 6.07 Å². The monoisotopic (exact) mass is 303 g/mol. The number of amides is 1. The van der Waals surface area contributed by atoms with Crippen molar-refractivity contribution in [3.8, 4) is 0 Å². The highest BCUT2D eigenvalue weighted by molar-refractivity contribution is 7.09. The van der Waals surface area contributed by atoms with Crippen molar-refractivity contribution in [2.45, 2.75) is 26.2 Å². The maximum atomic E-state index is 11.7. The first-order chi connectivity index (χ1) is 10.3. The van der Waals surface area contributed by atoms with Crippen LogP contribution in [-0.4, -0.2) is 24.0 Å². The number of carbonyl (C=O) groups excluding carboxylic acids is 1. The summed E-state index contributed by atoms with van der Waals surface area (Å²) in [5.74, 6) is 0.125. The van der Waals surface area contributed by atoms with Gasteiger partial charge in [-0.05, 0) is 42.8 Å². The molecule has 2 aromatic rings. The van der Waals surface area contributed by atoms with Gasteiger partial charge in [0.1, 0.15) is 0 Å². The summed E-state index contributed by atoms with van der Waals surface area (Å²) >= 11 is 1.75. The molecule has 0 fully saturated rings. The van der Waals surface area contributed by atoms with E-state index in [1.54, 1.807) is 17.5 Å². The molecule has 0 aromatic carbocycles. The molecular formula is C16H21N3OS. The predicted octanol–water partition coefficient (Wildman–Crippen LogP) is 3.00. The lowest BCUT2D eigenvalue weighted by atomic mass is 10.2. The van der Waals surface area contributed by atoms with Crippen LogP contribution in [0.25, 0.3) is 0 Å². The Morgan fingerprint density at radius 1 is 1.33 bits per heavy atom. The molecule has 2 rings (SSSR count). The normalized spacial score (nSPS) is 10.3. The van der Waals surface area contributed by atoms with Crippen molar-refractivity contribution in [1.29, 1.82) is 0 Å². The Hall–Kier alpha value is -1.88. The lowest BCUT2D eigenvalue weighted by Gasteiger charge is -2.09. The van der Waals surface area contributed by atoms with Crippen LogP contribution in [-0.2, 0) is 11.2 Å². The van der Waals surface area contributed by atoms with Crippen LogP contribution in [0.5, 0.6) is 0 Å². The van der Waals surface area contributed by atoms with Crippen molar-refractivity contribution in [3.63, 3.8) is 0 Å². The number of thiophene rings is 1. The van der Waals surface area contributed by atoms with Gasteiger partial charge >= 0.3 is 0 Å². The lowest BCUT2D eigenvalue weighted by Crippen LogP contribution is -2.28. The number of hydrogen-bond acceptors (Lipinski definition) is 4. The molecule has 0 aliphatic carbocycles. The van der Waals surface area contributed by atoms with E-state index in [9.17, 15) is 4.79 Å². The predicted molar refractivity (Wildman–Crippen MR) is 87.7 cm³/mol. The highest BCUT2D eigenvalue weighted by atomic mass is 32.1. The molecule has 21 heavy (non-hydrogen) atoms. The fourth-order valence-electron chi connectivity index (χ4n) is 2.04. The Bertz CT molecular complexity index is 554. The SMILES string of the molecule is Cc1cnccc1NCCNC(=O)CCCc1cccs1. The van der Waals surface area contributed by atoms with Gasteiger partial charge in [0.15, 0.2) is 0 Å². The number of nitrogens with zero attached hydrogens (tertiary/aromatic N) is 1. The van der Waals surface area contributed by atoms with Crippen molar-refractivity contribution < 1.29 is 4.79 Å². The van der Waals surface area contributed by atoms with E-state index in [4.69, 9.17) is 0 Å². The Labute approximate surface area is 129 Å². The van der Waals surface area contributed by atoms with Gasteiger partial charge in [-0.25, -0.2) is 0 Å². The average Bonchev–Trinajstić information content (AvgIpc) is 2.98. The fourth-order valence-corrected chi connectivity index (χ4v) is 2.79. The van der Waals surface area contributed by atoms with Crippen LogP contribution < -0.4 is 10.6 Å². The van der Waals surface area contributed by atoms with E-state index in [1.165, 1.54) is 4.88 Å². The van der Waals surface area contributed by atoms with Crippen molar-refractivity contribution in [2.75, 3.05) is 18.4 Å². The van der Waals surface area contributed by atoms with Crippen LogP contribution in [0.1, 0.15) is 23.3 Å². The summed E-state index contributed by atoms with van der Waals surface area (Å²) < 4.78 is 0. The van der Waals surface area contributed by atoms with Gasteiger partial charge in [0.2, 0.25) is 5.91 Å². The van der Waals surface area contributed by atoms with Gasteiger partial charge in [0, 0.05) is 42.5 Å². The number of hydrogen-bond donors (Lipinski definition) is 2. The number of pyridine rings is 1. The third-order valence-corrected chi connectivity index (χ3v) is 4.13. The Morgan fingerprint density at radius 3 is 3.00 bits per heavy atom. The van der Waals surface area contributed by atoms with Crippen molar-refractivity contribution in [3.05, 3.63) is 46.4 Å². The van der Waals surface area contributed by atoms with Gasteiger partial charge in [-0.3, -0.25) is 9.78 Å². The fraction of sp³-hybridized carbons (Fsp3) is 0.375. The van der Waals surface area contributed by atoms with Gasteiger partial charge in [0.25, 0.3) is 0 Å². The summed E-state index contributed by atoms with van der Waals surface area (Å²) in [6.07, 6.45) is 6.07. The standard InChI is InChI=1S/C16H21N3OS/c1-13-12-17-8-7-15(13)18-9-10-19-16(20)6-2-4-14-5-3-11-21-14/h3,5,7-8,11-12H,2,4,6,9-10H2,1H3,(H,17,18)(H,19,20). The highest BCUT2D eigenvalue weighted by Gasteiger charge is 2.02. The molecular weight excluding hydrogens is 282 g/mol. The van der Waals surface area contributed by atoms with Crippen molar-refractivity contribution >= 4 is 22.9 Å². The molecule has 2 aromatic heterocycles. The van der Waals surface area contributed by atoms with Gasteiger partial charge in [0.05, 0.1) is 0 Å². The number of aryl methyl sites for hydroxylation is 2. The molecule has 0 radical (unpaired) electrons. The number of aromatic nitrogens is 1. The third kappa shape index (κ3) is 5.55. The zero-order valence-electron chi connectivity index (χ0n) is 12.3. The summed E-state index contributed by atoms with van der Waals surface area (Å²) in [5, 5.41) is 8.30. The summed E-state index contributed by atoms with van der Waals surface area (Å²) in [5.41, 5.74) is 2.18. The minimum atomic E-state index is 0.125. The van der Waals surface area contributed by atoms with Crippen LogP contribution in [0.3, 0.4) is 0 Å². The Kier molecular flexibility index (Phi) is 6.22. The molecule has 0 saturated carbocycles. The molecule has 0 spiro atoms. The van der Waals surface area contributed by atoms with E-state index in [2.05, 4.69) is 27.1 Å². The number of anilines is 1. The second-order valence-corrected chi connectivity index (χ2v) is 5.93. The smallest absolute Gasteiger partial charge is 0.220 e. The Morgan fingerprint density at radius 2 is 2.24 bits per heavy atom. The van der Waals surface area contributed by atoms with Crippen LogP contribution >= 0.6 is 11.3 Å². The van der Waals surface area contributed by atoms with E-state index in [0.29, 0.717) is 13.0 Å². The second-order valence-electron chi connectivity index (χ2n) is 4.90. The quantitative estimate of drug-likeness (QED) is 0.737. The van der Waals surface area contributed by atoms with E-state index >= 15 is 0 Å². The molecule has 0 atom stereocenters. The molecule has 0 aliphatic heterocycles. The minimum absolute atomic E-state index is 0.125. The van der Waals surface area contributed by atoms with Gasteiger partial charge < -0.3 is 10.6 Å². The second kappa shape index (κ2) is 8.42. The summed E-state index contributed by atoms with van der Waals surface area (Å²) in [4.78, 5) is 17.1. The summed E-state index contributed by atoms with van der Waals surface area (Å²) in [7, 11) is 0. The van der Waals surface area contributed by atoms with Crippen molar-refractivity contribution in [1.82, 2.24) is 10.3 Å². The highest BCUT2D eigenvalue weighted by Crippen LogP contribution is 2.12. The third-order valence-electron chi connectivity index (χ3n) is 3.19. The molecule has 0 aliphatic rings. The first-order valence-corrected chi connectivity index (χ1v) is 8.07. The number of carbonyl (C=O) groups is 1. The zero-order chi connectivity index (χ0) is 14.9. The van der Waals surface area contributed by atoms with Crippen LogP contribution in [0, 0.1) is 6.92 Å². The Balaban J connectivity index is 1.56.